The highest BCUT2D eigenvalue weighted by Crippen LogP contribution is 2.12. The summed E-state index contributed by atoms with van der Waals surface area (Å²) in [5.41, 5.74) is 2.98. The van der Waals surface area contributed by atoms with Gasteiger partial charge < -0.3 is 14.6 Å². The van der Waals surface area contributed by atoms with Gasteiger partial charge in [-0.05, 0) is 36.4 Å². The summed E-state index contributed by atoms with van der Waals surface area (Å²) in [7, 11) is 1.36. The number of rotatable bonds is 5. The van der Waals surface area contributed by atoms with Gasteiger partial charge in [-0.25, -0.2) is 4.79 Å². The van der Waals surface area contributed by atoms with Gasteiger partial charge in [0.1, 0.15) is 0 Å². The predicted octanol–water partition coefficient (Wildman–Crippen LogP) is 3.43. The summed E-state index contributed by atoms with van der Waals surface area (Å²) < 4.78 is 9.89. The Morgan fingerprint density at radius 3 is 2.59 bits per heavy atom. The molecule has 0 amide bonds. The summed E-state index contributed by atoms with van der Waals surface area (Å²) in [4.78, 5) is 15.9. The number of hydrogen-bond acceptors (Lipinski definition) is 6. The van der Waals surface area contributed by atoms with Gasteiger partial charge in [-0.2, -0.15) is 4.98 Å². The number of carbonyl (C=O) groups excluding carboxylic acids is 1. The lowest BCUT2D eigenvalue weighted by Crippen LogP contribution is -2.00. The van der Waals surface area contributed by atoms with Gasteiger partial charge in [0.15, 0.2) is 5.82 Å². The first kappa shape index (κ1) is 18.2. The number of benzene rings is 2. The first-order valence-corrected chi connectivity index (χ1v) is 8.53. The van der Waals surface area contributed by atoms with Crippen molar-refractivity contribution in [2.45, 2.75) is 19.9 Å². The zero-order chi connectivity index (χ0) is 19.1. The Balaban J connectivity index is 1.69. The van der Waals surface area contributed by atoms with E-state index < -0.39 is 0 Å². The van der Waals surface area contributed by atoms with E-state index in [0.717, 1.165) is 23.2 Å². The molecule has 0 spiro atoms. The average molecular weight is 361 g/mol. The smallest absolute Gasteiger partial charge is 0.337 e. The van der Waals surface area contributed by atoms with Crippen molar-refractivity contribution >= 4 is 11.7 Å². The third-order valence-electron chi connectivity index (χ3n) is 3.77. The van der Waals surface area contributed by atoms with Crippen LogP contribution in [0.4, 0.5) is 5.69 Å². The van der Waals surface area contributed by atoms with Crippen molar-refractivity contribution in [3.8, 4) is 11.8 Å². The Kier molecular flexibility index (Phi) is 5.85. The van der Waals surface area contributed by atoms with Gasteiger partial charge in [-0.3, -0.25) is 0 Å². The zero-order valence-electron chi connectivity index (χ0n) is 15.2. The summed E-state index contributed by atoms with van der Waals surface area (Å²) in [5, 5.41) is 7.12. The molecule has 0 atom stereocenters. The molecule has 2 aromatic carbocycles. The molecule has 0 saturated carbocycles. The first-order valence-electron chi connectivity index (χ1n) is 8.53. The number of anilines is 1. The summed E-state index contributed by atoms with van der Waals surface area (Å²) >= 11 is 0. The van der Waals surface area contributed by atoms with Gasteiger partial charge in [0.25, 0.3) is 0 Å². The number of ether oxygens (including phenoxy) is 1. The summed E-state index contributed by atoms with van der Waals surface area (Å²) in [6.07, 6.45) is 0.742. The molecule has 1 N–H and O–H groups in total. The van der Waals surface area contributed by atoms with Crippen molar-refractivity contribution in [2.75, 3.05) is 12.4 Å². The maximum atomic E-state index is 11.6. The maximum absolute atomic E-state index is 11.6. The van der Waals surface area contributed by atoms with E-state index >= 15 is 0 Å². The lowest BCUT2D eigenvalue weighted by molar-refractivity contribution is 0.0600. The minimum absolute atomic E-state index is 0.378. The fourth-order valence-electron chi connectivity index (χ4n) is 2.38. The number of hydrogen-bond donors (Lipinski definition) is 1. The molecule has 3 rings (SSSR count). The molecule has 0 unspecified atom stereocenters. The number of aryl methyl sites for hydroxylation is 1. The molecule has 0 aliphatic carbocycles. The minimum Gasteiger partial charge on any atom is -0.465 e. The monoisotopic (exact) mass is 361 g/mol. The average Bonchev–Trinajstić information content (AvgIpc) is 3.19. The maximum Gasteiger partial charge on any atom is 0.337 e. The topological polar surface area (TPSA) is 77.2 Å². The molecule has 0 bridgehead atoms. The summed E-state index contributed by atoms with van der Waals surface area (Å²) in [6, 6.07) is 14.8. The van der Waals surface area contributed by atoms with E-state index in [2.05, 4.69) is 27.3 Å². The molecule has 6 heteroatoms. The molecule has 3 aromatic rings. The second kappa shape index (κ2) is 8.68. The van der Waals surface area contributed by atoms with Gasteiger partial charge >= 0.3 is 5.97 Å². The Hall–Kier alpha value is -3.59. The molecular weight excluding hydrogens is 342 g/mol. The number of methoxy groups -OCH3 is 1. The first-order chi connectivity index (χ1) is 13.2. The number of carbonyl (C=O) groups is 1. The van der Waals surface area contributed by atoms with Crippen LogP contribution in [-0.2, 0) is 17.7 Å². The Labute approximate surface area is 157 Å². The standard InChI is InChI=1S/C21H19N3O3/c1-3-19-23-20(27-24-19)14-22-18-9-5-7-16(13-18)11-10-15-6-4-8-17(12-15)21(25)26-2/h4-9,12-13,22H,3,14H2,1-2H3. The molecule has 0 fully saturated rings. The molecule has 1 aromatic heterocycles. The highest BCUT2D eigenvalue weighted by atomic mass is 16.5. The number of aromatic nitrogens is 2. The van der Waals surface area contributed by atoms with Gasteiger partial charge in [0.05, 0.1) is 19.2 Å². The number of nitrogens with one attached hydrogen (secondary N) is 1. The second-order valence-corrected chi connectivity index (χ2v) is 5.71. The van der Waals surface area contributed by atoms with Crippen molar-refractivity contribution in [1.29, 1.82) is 0 Å². The normalized spacial score (nSPS) is 10.0. The van der Waals surface area contributed by atoms with E-state index in [1.807, 2.05) is 37.3 Å². The van der Waals surface area contributed by atoms with Crippen LogP contribution in [0.2, 0.25) is 0 Å². The Morgan fingerprint density at radius 2 is 1.89 bits per heavy atom. The molecular formula is C21H19N3O3. The molecule has 1 heterocycles. The van der Waals surface area contributed by atoms with Crippen molar-refractivity contribution in [3.63, 3.8) is 0 Å². The van der Waals surface area contributed by atoms with Gasteiger partial charge in [-0.15, -0.1) is 0 Å². The second-order valence-electron chi connectivity index (χ2n) is 5.71. The van der Waals surface area contributed by atoms with Crippen LogP contribution in [0.25, 0.3) is 0 Å². The molecule has 0 aliphatic heterocycles. The molecule has 6 nitrogen and oxygen atoms in total. The summed E-state index contributed by atoms with van der Waals surface area (Å²) in [5.74, 6) is 7.03. The van der Waals surface area contributed by atoms with E-state index in [9.17, 15) is 4.79 Å². The molecule has 0 radical (unpaired) electrons. The van der Waals surface area contributed by atoms with Gasteiger partial charge in [0.2, 0.25) is 5.89 Å². The van der Waals surface area contributed by atoms with Crippen molar-refractivity contribution < 1.29 is 14.1 Å². The van der Waals surface area contributed by atoms with Crippen LogP contribution in [0, 0.1) is 11.8 Å². The van der Waals surface area contributed by atoms with Crippen LogP contribution >= 0.6 is 0 Å². The molecule has 136 valence electrons. The Morgan fingerprint density at radius 1 is 1.15 bits per heavy atom. The highest BCUT2D eigenvalue weighted by Gasteiger charge is 2.05. The fourth-order valence-corrected chi connectivity index (χ4v) is 2.38. The quantitative estimate of drug-likeness (QED) is 0.554. The van der Waals surface area contributed by atoms with Crippen LogP contribution in [-0.4, -0.2) is 23.2 Å². The largest absolute Gasteiger partial charge is 0.465 e. The Bertz CT molecular complexity index is 999. The summed E-state index contributed by atoms with van der Waals surface area (Å²) in [6.45, 7) is 2.43. The molecule has 0 saturated heterocycles. The predicted molar refractivity (Wildman–Crippen MR) is 101 cm³/mol. The van der Waals surface area contributed by atoms with Crippen LogP contribution < -0.4 is 5.32 Å². The van der Waals surface area contributed by atoms with Gasteiger partial charge in [0, 0.05) is 23.2 Å². The van der Waals surface area contributed by atoms with Crippen molar-refractivity contribution in [1.82, 2.24) is 10.1 Å². The van der Waals surface area contributed by atoms with E-state index in [1.165, 1.54) is 7.11 Å². The minimum atomic E-state index is -0.378. The van der Waals surface area contributed by atoms with Crippen LogP contribution in [0.5, 0.6) is 0 Å². The third kappa shape index (κ3) is 4.95. The lowest BCUT2D eigenvalue weighted by atomic mass is 10.1. The highest BCUT2D eigenvalue weighted by molar-refractivity contribution is 5.89. The number of nitrogens with zero attached hydrogens (tertiary/aromatic N) is 2. The SMILES string of the molecule is CCc1noc(CNc2cccc(C#Cc3cccc(C(=O)OC)c3)c2)n1. The van der Waals surface area contributed by atoms with Crippen LogP contribution in [0.1, 0.15) is 40.1 Å². The van der Waals surface area contributed by atoms with E-state index in [1.54, 1.807) is 18.2 Å². The lowest BCUT2D eigenvalue weighted by Gasteiger charge is -2.03. The molecule has 0 aliphatic rings. The third-order valence-corrected chi connectivity index (χ3v) is 3.77. The van der Waals surface area contributed by atoms with Crippen LogP contribution in [0.3, 0.4) is 0 Å². The van der Waals surface area contributed by atoms with Crippen LogP contribution in [0.15, 0.2) is 53.1 Å². The zero-order valence-corrected chi connectivity index (χ0v) is 15.2. The van der Waals surface area contributed by atoms with Crippen molar-refractivity contribution in [3.05, 3.63) is 76.9 Å². The van der Waals surface area contributed by atoms with Gasteiger partial charge in [-0.1, -0.05) is 36.1 Å². The van der Waals surface area contributed by atoms with E-state index in [4.69, 9.17) is 9.26 Å². The number of esters is 1. The van der Waals surface area contributed by atoms with E-state index in [-0.39, 0.29) is 5.97 Å². The van der Waals surface area contributed by atoms with Crippen molar-refractivity contribution in [2.24, 2.45) is 0 Å². The van der Waals surface area contributed by atoms with E-state index in [0.29, 0.717) is 23.8 Å². The fraction of sp³-hybridized carbons (Fsp3) is 0.190. The molecule has 27 heavy (non-hydrogen) atoms.